The van der Waals surface area contributed by atoms with Crippen LogP contribution in [0.4, 0.5) is 5.69 Å². The Balaban J connectivity index is 1.67. The maximum absolute atomic E-state index is 12.3. The van der Waals surface area contributed by atoms with Gasteiger partial charge in [0.15, 0.2) is 0 Å². The summed E-state index contributed by atoms with van der Waals surface area (Å²) in [5.41, 5.74) is 9.27. The number of primary amides is 1. The molecule has 1 heterocycles. The van der Waals surface area contributed by atoms with E-state index in [-0.39, 0.29) is 5.91 Å². The Kier molecular flexibility index (Phi) is 7.86. The normalized spacial score (nSPS) is 11.6. The number of nitrogens with one attached hydrogen (secondary N) is 2. The third-order valence-corrected chi connectivity index (χ3v) is 5.33. The lowest BCUT2D eigenvalue weighted by molar-refractivity contribution is -0.116. The number of anilines is 1. The van der Waals surface area contributed by atoms with Crippen LogP contribution in [-0.2, 0) is 11.2 Å². The molecule has 0 spiro atoms. The van der Waals surface area contributed by atoms with Gasteiger partial charge in [-0.1, -0.05) is 55.1 Å². The van der Waals surface area contributed by atoms with Crippen molar-refractivity contribution in [1.82, 2.24) is 4.98 Å². The second-order valence-corrected chi connectivity index (χ2v) is 7.62. The van der Waals surface area contributed by atoms with E-state index in [9.17, 15) is 9.59 Å². The molecule has 0 aliphatic heterocycles. The second kappa shape index (κ2) is 11.0. The molecule has 2 aromatic carbocycles. The van der Waals surface area contributed by atoms with Crippen LogP contribution in [0.2, 0.25) is 0 Å². The molecule has 1 aromatic heterocycles. The lowest BCUT2D eigenvalue weighted by atomic mass is 10.0. The van der Waals surface area contributed by atoms with Crippen LogP contribution in [0.3, 0.4) is 0 Å². The summed E-state index contributed by atoms with van der Waals surface area (Å²) in [6, 6.07) is 15.2. The summed E-state index contributed by atoms with van der Waals surface area (Å²) in [5.74, 6) is 0.0547. The molecule has 3 aromatic rings. The van der Waals surface area contributed by atoms with Crippen LogP contribution in [0.25, 0.3) is 23.8 Å². The van der Waals surface area contributed by atoms with Gasteiger partial charge in [0.1, 0.15) is 11.4 Å². The molecular formula is C27H29N3O3. The summed E-state index contributed by atoms with van der Waals surface area (Å²) < 4.78 is 5.26. The van der Waals surface area contributed by atoms with Crippen molar-refractivity contribution in [2.45, 2.75) is 26.2 Å². The van der Waals surface area contributed by atoms with Crippen LogP contribution in [0, 0.1) is 0 Å². The second-order valence-electron chi connectivity index (χ2n) is 7.62. The Hall–Kier alpha value is -4.06. The topological polar surface area (TPSA) is 97.2 Å². The maximum Gasteiger partial charge on any atom is 0.265 e. The number of para-hydroxylation sites is 2. The van der Waals surface area contributed by atoms with Crippen molar-refractivity contribution in [2.24, 2.45) is 5.73 Å². The first-order chi connectivity index (χ1) is 15.9. The number of ether oxygens (including phenoxy) is 1. The molecule has 33 heavy (non-hydrogen) atoms. The highest BCUT2D eigenvalue weighted by atomic mass is 16.5. The van der Waals surface area contributed by atoms with E-state index in [0.717, 1.165) is 28.1 Å². The number of benzene rings is 2. The Morgan fingerprint density at radius 3 is 2.55 bits per heavy atom. The molecule has 6 heteroatoms. The number of aryl methyl sites for hydroxylation is 1. The SMILES string of the molecule is C=c1c(-c2ccc(CCCC(=O)Nc3ccccc3OC)cc2)c(C(N)=O)[nH]/c1=C/C=C\C. The van der Waals surface area contributed by atoms with E-state index in [1.54, 1.807) is 7.11 Å². The third kappa shape index (κ3) is 5.80. The van der Waals surface area contributed by atoms with Gasteiger partial charge < -0.3 is 20.8 Å². The first-order valence-electron chi connectivity index (χ1n) is 10.8. The molecule has 2 amide bonds. The summed E-state index contributed by atoms with van der Waals surface area (Å²) >= 11 is 0. The molecule has 6 nitrogen and oxygen atoms in total. The number of aromatic amines is 1. The predicted octanol–water partition coefficient (Wildman–Crippen LogP) is 3.52. The van der Waals surface area contributed by atoms with E-state index in [1.165, 1.54) is 0 Å². The Morgan fingerprint density at radius 1 is 1.15 bits per heavy atom. The number of nitrogens with two attached hydrogens (primary N) is 1. The van der Waals surface area contributed by atoms with Crippen molar-refractivity contribution in [3.63, 3.8) is 0 Å². The van der Waals surface area contributed by atoms with Gasteiger partial charge in [0.2, 0.25) is 5.91 Å². The average Bonchev–Trinajstić information content (AvgIpc) is 3.15. The maximum atomic E-state index is 12.3. The largest absolute Gasteiger partial charge is 0.495 e. The Labute approximate surface area is 193 Å². The van der Waals surface area contributed by atoms with Crippen LogP contribution < -0.4 is 26.4 Å². The van der Waals surface area contributed by atoms with Crippen LogP contribution in [0.1, 0.15) is 35.8 Å². The quantitative estimate of drug-likeness (QED) is 0.472. The molecular weight excluding hydrogens is 414 g/mol. The summed E-state index contributed by atoms with van der Waals surface area (Å²) in [6.45, 7) is 6.05. The summed E-state index contributed by atoms with van der Waals surface area (Å²) in [4.78, 5) is 27.3. The molecule has 0 saturated heterocycles. The molecule has 0 radical (unpaired) electrons. The molecule has 3 rings (SSSR count). The van der Waals surface area contributed by atoms with E-state index in [2.05, 4.69) is 16.9 Å². The summed E-state index contributed by atoms with van der Waals surface area (Å²) in [5, 5.41) is 4.37. The number of carbonyl (C=O) groups excluding carboxylic acids is 2. The average molecular weight is 444 g/mol. The predicted molar refractivity (Wildman–Crippen MR) is 133 cm³/mol. The molecule has 170 valence electrons. The number of hydrogen-bond donors (Lipinski definition) is 3. The fraction of sp³-hybridized carbons (Fsp3) is 0.185. The smallest absolute Gasteiger partial charge is 0.265 e. The van der Waals surface area contributed by atoms with Crippen molar-refractivity contribution in [3.8, 4) is 16.9 Å². The fourth-order valence-electron chi connectivity index (χ4n) is 3.65. The van der Waals surface area contributed by atoms with Gasteiger partial charge >= 0.3 is 0 Å². The first kappa shape index (κ1) is 23.6. The highest BCUT2D eigenvalue weighted by molar-refractivity contribution is 5.98. The van der Waals surface area contributed by atoms with E-state index in [0.29, 0.717) is 35.5 Å². The van der Waals surface area contributed by atoms with Crippen molar-refractivity contribution in [3.05, 3.63) is 82.5 Å². The number of rotatable bonds is 9. The minimum Gasteiger partial charge on any atom is -0.495 e. The minimum absolute atomic E-state index is 0.0545. The number of hydrogen-bond acceptors (Lipinski definition) is 3. The minimum atomic E-state index is -0.528. The zero-order chi connectivity index (χ0) is 23.8. The van der Waals surface area contributed by atoms with Crippen LogP contribution in [-0.4, -0.2) is 23.9 Å². The monoisotopic (exact) mass is 443 g/mol. The van der Waals surface area contributed by atoms with Crippen molar-refractivity contribution >= 4 is 30.2 Å². The van der Waals surface area contributed by atoms with Gasteiger partial charge in [-0.05, 0) is 49.1 Å². The molecule has 0 bridgehead atoms. The number of methoxy groups -OCH3 is 1. The number of amides is 2. The van der Waals surface area contributed by atoms with Crippen LogP contribution in [0.15, 0.2) is 60.7 Å². The van der Waals surface area contributed by atoms with Crippen molar-refractivity contribution < 1.29 is 14.3 Å². The first-order valence-corrected chi connectivity index (χ1v) is 10.8. The molecule has 4 N–H and O–H groups in total. The number of carbonyl (C=O) groups is 2. The van der Waals surface area contributed by atoms with Crippen molar-refractivity contribution in [2.75, 3.05) is 12.4 Å². The molecule has 0 unspecified atom stereocenters. The lowest BCUT2D eigenvalue weighted by Gasteiger charge is -2.10. The van der Waals surface area contributed by atoms with Gasteiger partial charge in [-0.2, -0.15) is 0 Å². The number of H-pyrrole nitrogens is 1. The zero-order valence-electron chi connectivity index (χ0n) is 19.0. The third-order valence-electron chi connectivity index (χ3n) is 5.33. The zero-order valence-corrected chi connectivity index (χ0v) is 19.0. The summed E-state index contributed by atoms with van der Waals surface area (Å²) in [6.07, 6.45) is 7.50. The highest BCUT2D eigenvalue weighted by Crippen LogP contribution is 2.23. The van der Waals surface area contributed by atoms with Gasteiger partial charge in [-0.3, -0.25) is 9.59 Å². The van der Waals surface area contributed by atoms with Crippen LogP contribution in [0.5, 0.6) is 5.75 Å². The molecule has 0 aliphatic rings. The van der Waals surface area contributed by atoms with Gasteiger partial charge in [0.05, 0.1) is 12.8 Å². The molecule has 0 fully saturated rings. The van der Waals surface area contributed by atoms with Gasteiger partial charge in [0, 0.05) is 22.6 Å². The van der Waals surface area contributed by atoms with Gasteiger partial charge in [-0.15, -0.1) is 0 Å². The fourth-order valence-corrected chi connectivity index (χ4v) is 3.65. The van der Waals surface area contributed by atoms with Crippen LogP contribution >= 0.6 is 0 Å². The number of allylic oxidation sites excluding steroid dienone is 2. The lowest BCUT2D eigenvalue weighted by Crippen LogP contribution is -2.21. The van der Waals surface area contributed by atoms with E-state index in [4.69, 9.17) is 10.5 Å². The Morgan fingerprint density at radius 2 is 1.88 bits per heavy atom. The van der Waals surface area contributed by atoms with E-state index in [1.807, 2.05) is 73.7 Å². The standard InChI is InChI=1S/C27H29N3O3/c1-4-5-10-21-18(2)25(26(30-21)27(28)32)20-16-14-19(15-17-20)9-8-13-24(31)29-22-11-6-7-12-23(22)33-3/h4-7,10-12,14-17,30H,2,8-9,13H2,1,3H3,(H2,28,32)(H,29,31)/b5-4-,21-10+. The Bertz CT molecular complexity index is 1270. The molecule has 0 saturated carbocycles. The molecule has 0 aliphatic carbocycles. The number of aromatic nitrogens is 1. The van der Waals surface area contributed by atoms with Gasteiger partial charge in [-0.25, -0.2) is 0 Å². The van der Waals surface area contributed by atoms with Gasteiger partial charge in [0.25, 0.3) is 5.91 Å². The van der Waals surface area contributed by atoms with Crippen molar-refractivity contribution in [1.29, 1.82) is 0 Å². The molecule has 0 atom stereocenters. The summed E-state index contributed by atoms with van der Waals surface area (Å²) in [7, 11) is 1.58. The van der Waals surface area contributed by atoms with E-state index >= 15 is 0 Å². The van der Waals surface area contributed by atoms with E-state index < -0.39 is 5.91 Å². The highest BCUT2D eigenvalue weighted by Gasteiger charge is 2.14.